The van der Waals surface area contributed by atoms with Gasteiger partial charge >= 0.3 is 0 Å². The van der Waals surface area contributed by atoms with Crippen LogP contribution < -0.4 is 4.90 Å². The predicted octanol–water partition coefficient (Wildman–Crippen LogP) is 5.00. The van der Waals surface area contributed by atoms with Gasteiger partial charge in [-0.3, -0.25) is 24.1 Å². The second-order valence-corrected chi connectivity index (χ2v) is 10.6. The van der Waals surface area contributed by atoms with Crippen molar-refractivity contribution in [3.8, 4) is 5.75 Å². The molecule has 2 aromatic carbocycles. The maximum Gasteiger partial charge on any atom is 0.238 e. The number of hydrogen-bond acceptors (Lipinski definition) is 5. The summed E-state index contributed by atoms with van der Waals surface area (Å²) in [6.07, 6.45) is 5.57. The molecule has 1 aliphatic heterocycles. The number of fused-ring (bicyclic) bond motifs is 3. The van der Waals surface area contributed by atoms with E-state index < -0.39 is 23.7 Å². The molecule has 0 unspecified atom stereocenters. The van der Waals surface area contributed by atoms with Crippen molar-refractivity contribution in [1.29, 1.82) is 0 Å². The SMILES string of the molecule is C=Cc1ccc(N2C(=O)[C@H]3[C@H](CC=C4[C@H](c5ccc(O)cc5)C5=C(C[C@H]43)C(=O)C(Br)=CC5=O)C2=O)cc1. The van der Waals surface area contributed by atoms with Gasteiger partial charge in [-0.25, -0.2) is 0 Å². The summed E-state index contributed by atoms with van der Waals surface area (Å²) in [5, 5.41) is 9.85. The van der Waals surface area contributed by atoms with Crippen LogP contribution in [0.15, 0.2) is 88.5 Å². The third kappa shape index (κ3) is 3.52. The van der Waals surface area contributed by atoms with Gasteiger partial charge in [-0.15, -0.1) is 0 Å². The predicted molar refractivity (Wildman–Crippen MR) is 142 cm³/mol. The largest absolute Gasteiger partial charge is 0.508 e. The summed E-state index contributed by atoms with van der Waals surface area (Å²) in [5.74, 6) is -3.06. The van der Waals surface area contributed by atoms with E-state index in [-0.39, 0.29) is 40.0 Å². The van der Waals surface area contributed by atoms with Crippen LogP contribution in [0.5, 0.6) is 5.75 Å². The molecule has 2 amide bonds. The highest BCUT2D eigenvalue weighted by molar-refractivity contribution is 9.12. The average Bonchev–Trinajstić information content (AvgIpc) is 3.16. The number of carbonyl (C=O) groups is 4. The first-order valence-electron chi connectivity index (χ1n) is 12.1. The maximum atomic E-state index is 13.9. The number of imide groups is 1. The normalized spacial score (nSPS) is 26.9. The van der Waals surface area contributed by atoms with E-state index in [1.807, 2.05) is 18.2 Å². The number of ketones is 2. The molecule has 6 nitrogen and oxygen atoms in total. The van der Waals surface area contributed by atoms with Crippen LogP contribution in [0.2, 0.25) is 0 Å². The molecule has 4 atom stereocenters. The molecule has 0 bridgehead atoms. The maximum absolute atomic E-state index is 13.9. The van der Waals surface area contributed by atoms with Gasteiger partial charge in [-0.1, -0.05) is 48.6 Å². The third-order valence-corrected chi connectivity index (χ3v) is 8.53. The Morgan fingerprint density at radius 2 is 1.65 bits per heavy atom. The highest BCUT2D eigenvalue weighted by atomic mass is 79.9. The second kappa shape index (κ2) is 8.63. The minimum Gasteiger partial charge on any atom is -0.508 e. The third-order valence-electron chi connectivity index (χ3n) is 7.94. The van der Waals surface area contributed by atoms with Crippen molar-refractivity contribution in [2.75, 3.05) is 4.90 Å². The van der Waals surface area contributed by atoms with Gasteiger partial charge in [0.1, 0.15) is 5.75 Å². The van der Waals surface area contributed by atoms with E-state index in [4.69, 9.17) is 0 Å². The minimum absolute atomic E-state index is 0.0892. The van der Waals surface area contributed by atoms with Crippen molar-refractivity contribution in [2.45, 2.75) is 18.8 Å². The van der Waals surface area contributed by atoms with Crippen molar-refractivity contribution in [3.05, 3.63) is 99.6 Å². The lowest BCUT2D eigenvalue weighted by Gasteiger charge is -2.42. The van der Waals surface area contributed by atoms with Crippen LogP contribution in [0, 0.1) is 17.8 Å². The molecule has 0 spiro atoms. The summed E-state index contributed by atoms with van der Waals surface area (Å²) < 4.78 is 0.193. The number of carbonyl (C=O) groups excluding carboxylic acids is 4. The zero-order valence-electron chi connectivity index (χ0n) is 19.7. The molecule has 1 saturated heterocycles. The van der Waals surface area contributed by atoms with Crippen LogP contribution in [-0.4, -0.2) is 28.5 Å². The standard InChI is InChI=1S/C30H22BrNO5/c1-2-15-3-7-17(8-4-15)32-29(36)20-12-11-19-21(26(20)30(32)37)13-22-27(24(34)14-23(31)28(22)35)25(19)16-5-9-18(33)10-6-16/h2-11,14,20-21,25-26,33H,1,12-13H2/t20-,21+,25-,26-/m0/s1. The van der Waals surface area contributed by atoms with Gasteiger partial charge in [0, 0.05) is 23.1 Å². The molecule has 37 heavy (non-hydrogen) atoms. The molecule has 1 fully saturated rings. The zero-order chi connectivity index (χ0) is 26.0. The molecule has 2 aromatic rings. The van der Waals surface area contributed by atoms with Gasteiger partial charge in [0.2, 0.25) is 11.8 Å². The summed E-state index contributed by atoms with van der Waals surface area (Å²) >= 11 is 3.23. The monoisotopic (exact) mass is 555 g/mol. The van der Waals surface area contributed by atoms with E-state index in [1.165, 1.54) is 11.0 Å². The first-order chi connectivity index (χ1) is 17.8. The number of amides is 2. The Bertz CT molecular complexity index is 1500. The van der Waals surface area contributed by atoms with E-state index in [0.717, 1.165) is 16.7 Å². The van der Waals surface area contributed by atoms with Gasteiger partial charge in [0.15, 0.2) is 11.6 Å². The van der Waals surface area contributed by atoms with Crippen LogP contribution >= 0.6 is 15.9 Å². The van der Waals surface area contributed by atoms with Gasteiger partial charge in [0.25, 0.3) is 0 Å². The number of hydrogen-bond donors (Lipinski definition) is 1. The fourth-order valence-corrected chi connectivity index (χ4v) is 6.71. The number of allylic oxidation sites excluding steroid dienone is 6. The van der Waals surface area contributed by atoms with Crippen LogP contribution in [-0.2, 0) is 19.2 Å². The minimum atomic E-state index is -0.632. The number of phenolic OH excluding ortho intramolecular Hbond substituents is 1. The Hall–Kier alpha value is -3.84. The lowest BCUT2D eigenvalue weighted by molar-refractivity contribution is -0.123. The fraction of sp³-hybridized carbons (Fsp3) is 0.200. The first kappa shape index (κ1) is 23.6. The van der Waals surface area contributed by atoms with Crippen molar-refractivity contribution in [2.24, 2.45) is 17.8 Å². The van der Waals surface area contributed by atoms with Crippen molar-refractivity contribution in [1.82, 2.24) is 0 Å². The molecule has 0 radical (unpaired) electrons. The van der Waals surface area contributed by atoms with Crippen molar-refractivity contribution >= 4 is 51.1 Å². The van der Waals surface area contributed by atoms with E-state index in [2.05, 4.69) is 22.5 Å². The fourth-order valence-electron chi connectivity index (χ4n) is 6.27. The number of rotatable bonds is 3. The second-order valence-electron chi connectivity index (χ2n) is 9.79. The Balaban J connectivity index is 1.46. The lowest BCUT2D eigenvalue weighted by Crippen LogP contribution is -2.39. The molecule has 0 aromatic heterocycles. The molecule has 1 heterocycles. The summed E-state index contributed by atoms with van der Waals surface area (Å²) in [7, 11) is 0. The molecule has 0 saturated carbocycles. The highest BCUT2D eigenvalue weighted by Crippen LogP contribution is 2.55. The van der Waals surface area contributed by atoms with Crippen LogP contribution in [0.3, 0.4) is 0 Å². The molecule has 7 heteroatoms. The first-order valence-corrected chi connectivity index (χ1v) is 12.9. The van der Waals surface area contributed by atoms with E-state index in [9.17, 15) is 24.3 Å². The Morgan fingerprint density at radius 3 is 2.32 bits per heavy atom. The van der Waals surface area contributed by atoms with Gasteiger partial charge in [-0.05, 0) is 70.1 Å². The topological polar surface area (TPSA) is 91.8 Å². The van der Waals surface area contributed by atoms with Gasteiger partial charge in [0.05, 0.1) is 22.0 Å². The molecule has 6 rings (SSSR count). The van der Waals surface area contributed by atoms with E-state index in [1.54, 1.807) is 42.5 Å². The summed E-state index contributed by atoms with van der Waals surface area (Å²) in [4.78, 5) is 55.1. The number of nitrogens with zero attached hydrogens (tertiary/aromatic N) is 1. The molecule has 1 N–H and O–H groups in total. The summed E-state index contributed by atoms with van der Waals surface area (Å²) in [6, 6.07) is 13.7. The number of phenols is 1. The van der Waals surface area contributed by atoms with Crippen LogP contribution in [0.1, 0.15) is 29.9 Å². The van der Waals surface area contributed by atoms with Crippen molar-refractivity contribution < 1.29 is 24.3 Å². The zero-order valence-corrected chi connectivity index (χ0v) is 21.3. The molecule has 3 aliphatic carbocycles. The smallest absolute Gasteiger partial charge is 0.238 e. The van der Waals surface area contributed by atoms with E-state index >= 15 is 0 Å². The van der Waals surface area contributed by atoms with Crippen LogP contribution in [0.25, 0.3) is 6.08 Å². The van der Waals surface area contributed by atoms with Gasteiger partial charge < -0.3 is 5.11 Å². The number of benzene rings is 2. The quantitative estimate of drug-likeness (QED) is 0.327. The number of halogens is 1. The molecular formula is C30H22BrNO5. The number of Topliss-reactive ketones (excluding diaryl/α,β-unsaturated/α-hetero) is 1. The molecule has 4 aliphatic rings. The Kier molecular flexibility index (Phi) is 5.49. The molecule has 184 valence electrons. The van der Waals surface area contributed by atoms with E-state index in [0.29, 0.717) is 23.3 Å². The number of anilines is 1. The summed E-state index contributed by atoms with van der Waals surface area (Å²) in [5.41, 5.74) is 3.82. The highest BCUT2D eigenvalue weighted by Gasteiger charge is 2.56. The average molecular weight is 556 g/mol. The van der Waals surface area contributed by atoms with Gasteiger partial charge in [-0.2, -0.15) is 0 Å². The Labute approximate surface area is 221 Å². The van der Waals surface area contributed by atoms with Crippen molar-refractivity contribution in [3.63, 3.8) is 0 Å². The molecular weight excluding hydrogens is 534 g/mol. The lowest BCUT2D eigenvalue weighted by atomic mass is 9.59. The van der Waals surface area contributed by atoms with Crippen LogP contribution in [0.4, 0.5) is 5.69 Å². The summed E-state index contributed by atoms with van der Waals surface area (Å²) in [6.45, 7) is 3.75. The number of aromatic hydroxyl groups is 1. The Morgan fingerprint density at radius 1 is 0.946 bits per heavy atom.